The molecule has 0 saturated heterocycles. The molecule has 31 heavy (non-hydrogen) atoms. The first-order valence-electron chi connectivity index (χ1n) is 8.99. The highest BCUT2D eigenvalue weighted by Crippen LogP contribution is 2.30. The maximum Gasteiger partial charge on any atom is 0.346 e. The summed E-state index contributed by atoms with van der Waals surface area (Å²) in [7, 11) is 0. The summed E-state index contributed by atoms with van der Waals surface area (Å²) in [6.07, 6.45) is 0. The van der Waals surface area contributed by atoms with Crippen molar-refractivity contribution in [3.8, 4) is 17.0 Å². The minimum atomic E-state index is -0.722. The number of anilines is 1. The van der Waals surface area contributed by atoms with Gasteiger partial charge in [-0.3, -0.25) is 20.2 Å². The van der Waals surface area contributed by atoms with E-state index in [1.165, 1.54) is 24.3 Å². The maximum absolute atomic E-state index is 12.4. The highest BCUT2D eigenvalue weighted by Gasteiger charge is 2.26. The zero-order valence-electron chi connectivity index (χ0n) is 16.2. The second-order valence-corrected chi connectivity index (χ2v) is 6.49. The van der Waals surface area contributed by atoms with Gasteiger partial charge >= 0.3 is 5.97 Å². The van der Waals surface area contributed by atoms with Crippen molar-refractivity contribution in [3.05, 3.63) is 69.2 Å². The van der Waals surface area contributed by atoms with Crippen molar-refractivity contribution < 1.29 is 28.5 Å². The normalized spacial score (nSPS) is 10.4. The molecule has 1 N–H and O–H groups in total. The van der Waals surface area contributed by atoms with Gasteiger partial charge in [-0.25, -0.2) is 4.79 Å². The molecule has 0 aliphatic carbocycles. The third kappa shape index (κ3) is 5.37. The van der Waals surface area contributed by atoms with E-state index >= 15 is 0 Å². The van der Waals surface area contributed by atoms with Gasteiger partial charge in [0.2, 0.25) is 5.88 Å². The number of carbonyl (C=O) groups is 2. The molecule has 0 aliphatic rings. The number of nitro groups is 1. The van der Waals surface area contributed by atoms with Gasteiger partial charge in [-0.2, -0.15) is 0 Å². The number of esters is 1. The molecular weight excluding hydrogens is 430 g/mol. The number of halogens is 1. The summed E-state index contributed by atoms with van der Waals surface area (Å²) in [4.78, 5) is 34.9. The number of rotatable bonds is 8. The summed E-state index contributed by atoms with van der Waals surface area (Å²) in [6, 6.07) is 11.8. The molecule has 3 aromatic rings. The summed E-state index contributed by atoms with van der Waals surface area (Å²) in [5.41, 5.74) is 0.570. The van der Waals surface area contributed by atoms with Crippen LogP contribution in [0.2, 0.25) is 5.02 Å². The Hall–Kier alpha value is -3.92. The summed E-state index contributed by atoms with van der Waals surface area (Å²) in [5.74, 6) is -1.30. The van der Waals surface area contributed by atoms with Crippen LogP contribution in [0.25, 0.3) is 11.3 Å². The van der Waals surface area contributed by atoms with Gasteiger partial charge in [0.05, 0.1) is 11.5 Å². The molecule has 3 rings (SSSR count). The Bertz CT molecular complexity index is 1090. The average molecular weight is 446 g/mol. The molecule has 1 amide bonds. The second-order valence-electron chi connectivity index (χ2n) is 6.05. The SMILES string of the molecule is CCOC(=O)c1c(-c2ccc(Cl)cc2)noc1NC(=O)COc1ccc([N+](=O)[O-])cc1. The quantitative estimate of drug-likeness (QED) is 0.311. The number of aromatic nitrogens is 1. The first-order chi connectivity index (χ1) is 14.9. The minimum absolute atomic E-state index is 0.0483. The summed E-state index contributed by atoms with van der Waals surface area (Å²) in [6.45, 7) is 1.32. The van der Waals surface area contributed by atoms with Crippen LogP contribution in [0.1, 0.15) is 17.3 Å². The van der Waals surface area contributed by atoms with Gasteiger partial charge in [0.25, 0.3) is 11.6 Å². The van der Waals surface area contributed by atoms with Crippen molar-refractivity contribution in [2.24, 2.45) is 0 Å². The monoisotopic (exact) mass is 445 g/mol. The Kier molecular flexibility index (Phi) is 6.83. The second kappa shape index (κ2) is 9.72. The molecule has 0 aliphatic heterocycles. The van der Waals surface area contributed by atoms with E-state index in [9.17, 15) is 19.7 Å². The van der Waals surface area contributed by atoms with Crippen LogP contribution in [0.5, 0.6) is 5.75 Å². The number of non-ortho nitro benzene ring substituents is 1. The minimum Gasteiger partial charge on any atom is -0.484 e. The van der Waals surface area contributed by atoms with E-state index in [1.807, 2.05) is 0 Å². The van der Waals surface area contributed by atoms with Gasteiger partial charge in [-0.05, 0) is 31.2 Å². The predicted molar refractivity (Wildman–Crippen MR) is 110 cm³/mol. The Morgan fingerprint density at radius 3 is 2.45 bits per heavy atom. The van der Waals surface area contributed by atoms with E-state index < -0.39 is 23.4 Å². The van der Waals surface area contributed by atoms with Gasteiger partial charge in [-0.15, -0.1) is 0 Å². The Morgan fingerprint density at radius 2 is 1.84 bits per heavy atom. The Labute approximate surface area is 180 Å². The number of hydrogen-bond donors (Lipinski definition) is 1. The smallest absolute Gasteiger partial charge is 0.346 e. The molecule has 0 fully saturated rings. The summed E-state index contributed by atoms with van der Waals surface area (Å²) < 4.78 is 15.5. The zero-order chi connectivity index (χ0) is 22.4. The molecule has 1 aromatic heterocycles. The lowest BCUT2D eigenvalue weighted by Crippen LogP contribution is -2.21. The highest BCUT2D eigenvalue weighted by atomic mass is 35.5. The van der Waals surface area contributed by atoms with E-state index in [2.05, 4.69) is 10.5 Å². The molecule has 0 saturated carbocycles. The van der Waals surface area contributed by atoms with Gasteiger partial charge in [0, 0.05) is 22.7 Å². The van der Waals surface area contributed by atoms with Crippen molar-refractivity contribution in [1.82, 2.24) is 5.16 Å². The molecular formula is C20H16ClN3O7. The first-order valence-corrected chi connectivity index (χ1v) is 9.36. The molecule has 0 radical (unpaired) electrons. The summed E-state index contributed by atoms with van der Waals surface area (Å²) >= 11 is 5.89. The Balaban J connectivity index is 1.75. The van der Waals surface area contributed by atoms with Crippen molar-refractivity contribution >= 4 is 35.0 Å². The van der Waals surface area contributed by atoms with Crippen LogP contribution in [-0.2, 0) is 9.53 Å². The van der Waals surface area contributed by atoms with E-state index in [4.69, 9.17) is 25.6 Å². The van der Waals surface area contributed by atoms with E-state index in [-0.39, 0.29) is 35.2 Å². The van der Waals surface area contributed by atoms with Gasteiger partial charge < -0.3 is 14.0 Å². The summed E-state index contributed by atoms with van der Waals surface area (Å²) in [5, 5.41) is 17.5. The van der Waals surface area contributed by atoms with Crippen LogP contribution < -0.4 is 10.1 Å². The van der Waals surface area contributed by atoms with Crippen LogP contribution in [0.4, 0.5) is 11.6 Å². The molecule has 0 spiro atoms. The average Bonchev–Trinajstić information content (AvgIpc) is 3.16. The molecule has 11 heteroatoms. The fraction of sp³-hybridized carbons (Fsp3) is 0.150. The highest BCUT2D eigenvalue weighted by molar-refractivity contribution is 6.30. The molecule has 10 nitrogen and oxygen atoms in total. The third-order valence-corrected chi connectivity index (χ3v) is 4.21. The van der Waals surface area contributed by atoms with Crippen molar-refractivity contribution in [2.75, 3.05) is 18.5 Å². The Morgan fingerprint density at radius 1 is 1.16 bits per heavy atom. The number of hydrogen-bond acceptors (Lipinski definition) is 8. The molecule has 0 atom stereocenters. The van der Waals surface area contributed by atoms with Crippen molar-refractivity contribution in [2.45, 2.75) is 6.92 Å². The number of nitrogens with one attached hydrogen (secondary N) is 1. The standard InChI is InChI=1S/C20H16ClN3O7/c1-2-29-20(26)17-18(12-3-5-13(21)6-4-12)23-31-19(17)22-16(25)11-30-15-9-7-14(8-10-15)24(27)28/h3-10H,2,11H2,1H3,(H,22,25). The number of benzene rings is 2. The number of nitro benzene ring substituents is 1. The van der Waals surface area contributed by atoms with Gasteiger partial charge in [-0.1, -0.05) is 28.9 Å². The third-order valence-electron chi connectivity index (χ3n) is 3.96. The fourth-order valence-corrected chi connectivity index (χ4v) is 2.67. The van der Waals surface area contributed by atoms with Crippen LogP contribution in [0.3, 0.4) is 0 Å². The maximum atomic E-state index is 12.4. The molecule has 2 aromatic carbocycles. The van der Waals surface area contributed by atoms with E-state index in [0.29, 0.717) is 10.6 Å². The van der Waals surface area contributed by atoms with Gasteiger partial charge in [0.15, 0.2) is 12.2 Å². The van der Waals surface area contributed by atoms with Gasteiger partial charge in [0.1, 0.15) is 11.4 Å². The molecule has 0 unspecified atom stereocenters. The lowest BCUT2D eigenvalue weighted by molar-refractivity contribution is -0.384. The molecule has 0 bridgehead atoms. The zero-order valence-corrected chi connectivity index (χ0v) is 16.9. The van der Waals surface area contributed by atoms with E-state index in [1.54, 1.807) is 31.2 Å². The largest absolute Gasteiger partial charge is 0.484 e. The van der Waals surface area contributed by atoms with Crippen LogP contribution >= 0.6 is 11.6 Å². The molecule has 160 valence electrons. The number of ether oxygens (including phenoxy) is 2. The predicted octanol–water partition coefficient (Wildman–Crippen LogP) is 4.10. The first kappa shape index (κ1) is 21.8. The van der Waals surface area contributed by atoms with Crippen LogP contribution in [0, 0.1) is 10.1 Å². The topological polar surface area (TPSA) is 134 Å². The van der Waals surface area contributed by atoms with Crippen molar-refractivity contribution in [1.29, 1.82) is 0 Å². The van der Waals surface area contributed by atoms with E-state index in [0.717, 1.165) is 0 Å². The number of carbonyl (C=O) groups excluding carboxylic acids is 2. The lowest BCUT2D eigenvalue weighted by atomic mass is 10.1. The van der Waals surface area contributed by atoms with Crippen molar-refractivity contribution in [3.63, 3.8) is 0 Å². The number of nitrogens with zero attached hydrogens (tertiary/aromatic N) is 2. The lowest BCUT2D eigenvalue weighted by Gasteiger charge is -2.07. The fourth-order valence-electron chi connectivity index (χ4n) is 2.55. The van der Waals surface area contributed by atoms with Crippen LogP contribution in [-0.4, -0.2) is 35.2 Å². The number of amides is 1. The molecule has 1 heterocycles. The van der Waals surface area contributed by atoms with Crippen LogP contribution in [0.15, 0.2) is 53.1 Å².